The molecular weight excluding hydrogens is 436 g/mol. The van der Waals surface area contributed by atoms with Crippen molar-refractivity contribution in [2.75, 3.05) is 16.6 Å². The van der Waals surface area contributed by atoms with E-state index >= 15 is 0 Å². The van der Waals surface area contributed by atoms with E-state index in [1.807, 2.05) is 31.2 Å². The Hall–Kier alpha value is -3.03. The second kappa shape index (κ2) is 9.85. The predicted octanol–water partition coefficient (Wildman–Crippen LogP) is 5.17. The summed E-state index contributed by atoms with van der Waals surface area (Å²) in [6.07, 6.45) is 0.130. The van der Waals surface area contributed by atoms with Gasteiger partial charge in [0.1, 0.15) is 5.75 Å². The molecule has 3 rings (SSSR count). The number of amides is 1. The fraction of sp³-hybridized carbons (Fsp3) is 0.174. The van der Waals surface area contributed by atoms with Gasteiger partial charge in [-0.3, -0.25) is 9.52 Å². The van der Waals surface area contributed by atoms with Crippen molar-refractivity contribution in [3.05, 3.63) is 82.9 Å². The molecule has 0 spiro atoms. The minimum atomic E-state index is -3.85. The lowest BCUT2D eigenvalue weighted by molar-refractivity contribution is -0.116. The molecule has 0 saturated carbocycles. The molecular formula is C23H23ClN2O4S. The van der Waals surface area contributed by atoms with Crippen molar-refractivity contribution in [3.63, 3.8) is 0 Å². The molecule has 6 nitrogen and oxygen atoms in total. The SMILES string of the molecule is Cc1ccc(S(=O)(=O)Nc2cccc(Cl)c2)cc1NC(=O)CCOc1ccccc1C. The van der Waals surface area contributed by atoms with Gasteiger partial charge in [-0.1, -0.05) is 41.9 Å². The molecule has 0 unspecified atom stereocenters. The first kappa shape index (κ1) is 22.7. The third kappa shape index (κ3) is 6.23. The smallest absolute Gasteiger partial charge is 0.261 e. The quantitative estimate of drug-likeness (QED) is 0.488. The van der Waals surface area contributed by atoms with Gasteiger partial charge in [0.05, 0.1) is 23.6 Å². The van der Waals surface area contributed by atoms with Crippen LogP contribution in [0.4, 0.5) is 11.4 Å². The number of halogens is 1. The second-order valence-electron chi connectivity index (χ2n) is 7.00. The number of rotatable bonds is 8. The lowest BCUT2D eigenvalue weighted by atomic mass is 10.2. The van der Waals surface area contributed by atoms with E-state index in [1.165, 1.54) is 18.2 Å². The van der Waals surface area contributed by atoms with Crippen LogP contribution in [0.1, 0.15) is 17.5 Å². The van der Waals surface area contributed by atoms with E-state index in [2.05, 4.69) is 10.0 Å². The first-order valence-corrected chi connectivity index (χ1v) is 11.5. The minimum Gasteiger partial charge on any atom is -0.493 e. The topological polar surface area (TPSA) is 84.5 Å². The maximum absolute atomic E-state index is 12.7. The highest BCUT2D eigenvalue weighted by atomic mass is 35.5. The fourth-order valence-electron chi connectivity index (χ4n) is 2.85. The second-order valence-corrected chi connectivity index (χ2v) is 9.12. The molecule has 3 aromatic rings. The number of carbonyl (C=O) groups is 1. The van der Waals surface area contributed by atoms with Crippen LogP contribution in [0.15, 0.2) is 71.6 Å². The van der Waals surface area contributed by atoms with Gasteiger partial charge in [-0.05, 0) is 61.4 Å². The highest BCUT2D eigenvalue weighted by molar-refractivity contribution is 7.92. The Labute approximate surface area is 187 Å². The molecule has 0 saturated heterocycles. The molecule has 0 aromatic heterocycles. The average molecular weight is 459 g/mol. The molecule has 0 aliphatic rings. The molecule has 1 amide bonds. The van der Waals surface area contributed by atoms with Gasteiger partial charge < -0.3 is 10.1 Å². The van der Waals surface area contributed by atoms with Crippen LogP contribution < -0.4 is 14.8 Å². The Kier molecular flexibility index (Phi) is 7.20. The summed E-state index contributed by atoms with van der Waals surface area (Å²) in [5.74, 6) is 0.459. The van der Waals surface area contributed by atoms with Gasteiger partial charge in [0.15, 0.2) is 0 Å². The standard InChI is InChI=1S/C23H23ClN2O4S/c1-16-10-11-20(31(28,29)26-19-8-5-7-18(24)14-19)15-21(16)25-23(27)12-13-30-22-9-4-3-6-17(22)2/h3-11,14-15,26H,12-13H2,1-2H3,(H,25,27). The summed E-state index contributed by atoms with van der Waals surface area (Å²) < 4.78 is 33.6. The van der Waals surface area contributed by atoms with Crippen LogP contribution in [0.2, 0.25) is 5.02 Å². The van der Waals surface area contributed by atoms with Gasteiger partial charge in [0.25, 0.3) is 10.0 Å². The van der Waals surface area contributed by atoms with Gasteiger partial charge in [-0.25, -0.2) is 8.42 Å². The van der Waals surface area contributed by atoms with E-state index in [4.69, 9.17) is 16.3 Å². The number of carbonyl (C=O) groups excluding carboxylic acids is 1. The zero-order valence-electron chi connectivity index (χ0n) is 17.2. The van der Waals surface area contributed by atoms with E-state index < -0.39 is 10.0 Å². The van der Waals surface area contributed by atoms with Crippen molar-refractivity contribution in [3.8, 4) is 5.75 Å². The summed E-state index contributed by atoms with van der Waals surface area (Å²) in [5, 5.41) is 3.19. The van der Waals surface area contributed by atoms with Crippen molar-refractivity contribution < 1.29 is 17.9 Å². The van der Waals surface area contributed by atoms with Crippen LogP contribution >= 0.6 is 11.6 Å². The van der Waals surface area contributed by atoms with Crippen LogP contribution in [-0.2, 0) is 14.8 Å². The normalized spacial score (nSPS) is 11.1. The largest absolute Gasteiger partial charge is 0.493 e. The molecule has 0 bridgehead atoms. The molecule has 0 heterocycles. The Morgan fingerprint density at radius 1 is 0.968 bits per heavy atom. The summed E-state index contributed by atoms with van der Waals surface area (Å²) >= 11 is 5.92. The highest BCUT2D eigenvalue weighted by Crippen LogP contribution is 2.24. The number of hydrogen-bond acceptors (Lipinski definition) is 4. The van der Waals surface area contributed by atoms with Crippen molar-refractivity contribution in [1.29, 1.82) is 0 Å². The van der Waals surface area contributed by atoms with E-state index in [-0.39, 0.29) is 23.8 Å². The molecule has 0 fully saturated rings. The molecule has 2 N–H and O–H groups in total. The number of ether oxygens (including phenoxy) is 1. The van der Waals surface area contributed by atoms with Crippen LogP contribution in [0.25, 0.3) is 0 Å². The van der Waals surface area contributed by atoms with Crippen molar-refractivity contribution in [1.82, 2.24) is 0 Å². The first-order chi connectivity index (χ1) is 14.7. The first-order valence-electron chi connectivity index (χ1n) is 9.62. The minimum absolute atomic E-state index is 0.0320. The van der Waals surface area contributed by atoms with E-state index in [0.29, 0.717) is 16.4 Å². The molecule has 8 heteroatoms. The van der Waals surface area contributed by atoms with Crippen molar-refractivity contribution >= 4 is 38.9 Å². The van der Waals surface area contributed by atoms with Gasteiger partial charge in [-0.2, -0.15) is 0 Å². The summed E-state index contributed by atoms with van der Waals surface area (Å²) in [6, 6.07) is 18.6. The number of aryl methyl sites for hydroxylation is 2. The van der Waals surface area contributed by atoms with Crippen LogP contribution in [0.5, 0.6) is 5.75 Å². The molecule has 0 aliphatic heterocycles. The predicted molar refractivity (Wildman–Crippen MR) is 123 cm³/mol. The van der Waals surface area contributed by atoms with Crippen LogP contribution in [-0.4, -0.2) is 20.9 Å². The third-order valence-electron chi connectivity index (χ3n) is 4.55. The molecule has 0 aliphatic carbocycles. The van der Waals surface area contributed by atoms with Crippen LogP contribution in [0, 0.1) is 13.8 Å². The van der Waals surface area contributed by atoms with Crippen LogP contribution in [0.3, 0.4) is 0 Å². The van der Waals surface area contributed by atoms with Crippen molar-refractivity contribution in [2.24, 2.45) is 0 Å². The van der Waals surface area contributed by atoms with Gasteiger partial charge in [0, 0.05) is 10.7 Å². The van der Waals surface area contributed by atoms with E-state index in [0.717, 1.165) is 16.9 Å². The Balaban J connectivity index is 1.66. The van der Waals surface area contributed by atoms with Gasteiger partial charge in [0.2, 0.25) is 5.91 Å². The number of nitrogens with one attached hydrogen (secondary N) is 2. The summed E-state index contributed by atoms with van der Waals surface area (Å²) in [6.45, 7) is 3.94. The van der Waals surface area contributed by atoms with Gasteiger partial charge in [-0.15, -0.1) is 0 Å². The summed E-state index contributed by atoms with van der Waals surface area (Å²) in [5.41, 5.74) is 2.51. The molecule has 0 radical (unpaired) electrons. The number of benzene rings is 3. The monoisotopic (exact) mass is 458 g/mol. The molecule has 162 valence electrons. The lowest BCUT2D eigenvalue weighted by Crippen LogP contribution is -2.17. The summed E-state index contributed by atoms with van der Waals surface area (Å²) in [7, 11) is -3.85. The maximum Gasteiger partial charge on any atom is 0.261 e. The number of sulfonamides is 1. The van der Waals surface area contributed by atoms with E-state index in [1.54, 1.807) is 31.2 Å². The zero-order chi connectivity index (χ0) is 22.4. The lowest BCUT2D eigenvalue weighted by Gasteiger charge is -2.13. The fourth-order valence-corrected chi connectivity index (χ4v) is 4.12. The van der Waals surface area contributed by atoms with Crippen molar-refractivity contribution in [2.45, 2.75) is 25.2 Å². The number of hydrogen-bond donors (Lipinski definition) is 2. The maximum atomic E-state index is 12.7. The third-order valence-corrected chi connectivity index (χ3v) is 6.16. The zero-order valence-corrected chi connectivity index (χ0v) is 18.8. The Morgan fingerprint density at radius 2 is 1.74 bits per heavy atom. The Bertz CT molecular complexity index is 1200. The number of para-hydroxylation sites is 1. The molecule has 31 heavy (non-hydrogen) atoms. The van der Waals surface area contributed by atoms with Gasteiger partial charge >= 0.3 is 0 Å². The number of anilines is 2. The molecule has 0 atom stereocenters. The average Bonchev–Trinajstić information content (AvgIpc) is 2.70. The van der Waals surface area contributed by atoms with E-state index in [9.17, 15) is 13.2 Å². The molecule has 3 aromatic carbocycles. The highest BCUT2D eigenvalue weighted by Gasteiger charge is 2.17. The summed E-state index contributed by atoms with van der Waals surface area (Å²) in [4.78, 5) is 12.4. The Morgan fingerprint density at radius 3 is 2.48 bits per heavy atom.